The van der Waals surface area contributed by atoms with E-state index in [4.69, 9.17) is 0 Å². The van der Waals surface area contributed by atoms with Gasteiger partial charge in [-0.25, -0.2) is 9.88 Å². The minimum Gasteiger partial charge on any atom is -0.354 e. The van der Waals surface area contributed by atoms with E-state index in [0.717, 1.165) is 16.2 Å². The van der Waals surface area contributed by atoms with Crippen LogP contribution in [0.5, 0.6) is 0 Å². The summed E-state index contributed by atoms with van der Waals surface area (Å²) in [5.41, 5.74) is 4.69. The van der Waals surface area contributed by atoms with E-state index in [1.165, 1.54) is 30.0 Å². The third-order valence-electron chi connectivity index (χ3n) is 8.09. The molecule has 0 atom stereocenters. The van der Waals surface area contributed by atoms with Crippen LogP contribution in [0.3, 0.4) is 0 Å². The molecule has 1 aromatic heterocycles. The van der Waals surface area contributed by atoms with Crippen LogP contribution in [0.15, 0.2) is 104 Å². The first-order valence-corrected chi connectivity index (χ1v) is 14.5. The molecule has 0 fully saturated rings. The van der Waals surface area contributed by atoms with Crippen molar-refractivity contribution in [1.29, 1.82) is 0 Å². The Morgan fingerprint density at radius 1 is 0.872 bits per heavy atom. The van der Waals surface area contributed by atoms with Gasteiger partial charge in [0, 0.05) is 42.1 Å². The number of hydrogen-bond acceptors (Lipinski definition) is 8. The van der Waals surface area contributed by atoms with E-state index >= 15 is 0 Å². The molecule has 0 bridgehead atoms. The highest BCUT2D eigenvalue weighted by Crippen LogP contribution is 2.43. The molecule has 47 heavy (non-hydrogen) atoms. The zero-order valence-corrected chi connectivity index (χ0v) is 24.8. The number of non-ortho nitro benzene ring substituents is 1. The summed E-state index contributed by atoms with van der Waals surface area (Å²) in [6.45, 7) is 1.29. The quantitative estimate of drug-likeness (QED) is 0.102. The minimum atomic E-state index is -0.640. The van der Waals surface area contributed by atoms with Crippen molar-refractivity contribution in [1.82, 2.24) is 14.9 Å². The number of fused-ring (bicyclic) bond motifs is 2. The molecule has 0 spiro atoms. The number of aromatic amines is 1. The van der Waals surface area contributed by atoms with Gasteiger partial charge in [0.2, 0.25) is 5.91 Å². The van der Waals surface area contributed by atoms with Gasteiger partial charge in [-0.2, -0.15) is 0 Å². The van der Waals surface area contributed by atoms with E-state index in [0.29, 0.717) is 33.6 Å². The van der Waals surface area contributed by atoms with Crippen molar-refractivity contribution in [3.63, 3.8) is 0 Å². The second kappa shape index (κ2) is 11.3. The van der Waals surface area contributed by atoms with Crippen molar-refractivity contribution in [3.8, 4) is 11.3 Å². The van der Waals surface area contributed by atoms with Crippen LogP contribution in [0.2, 0.25) is 0 Å². The number of rotatable bonds is 7. The Labute approximate surface area is 267 Å². The lowest BCUT2D eigenvalue weighted by atomic mass is 9.98. The van der Waals surface area contributed by atoms with E-state index in [1.54, 1.807) is 73.2 Å². The first kappa shape index (κ1) is 29.0. The monoisotopic (exact) mass is 624 g/mol. The fourth-order valence-electron chi connectivity index (χ4n) is 5.83. The number of anilines is 2. The molecule has 5 aromatic rings. The van der Waals surface area contributed by atoms with Crippen molar-refractivity contribution < 1.29 is 24.1 Å². The molecule has 2 aliphatic rings. The van der Waals surface area contributed by atoms with Gasteiger partial charge in [0.1, 0.15) is 0 Å². The normalized spacial score (nSPS) is 14.7. The lowest BCUT2D eigenvalue weighted by molar-refractivity contribution is -0.384. The van der Waals surface area contributed by atoms with Gasteiger partial charge in [-0.15, -0.1) is 0 Å². The Hall–Kier alpha value is -6.69. The molecule has 0 radical (unpaired) electrons. The van der Waals surface area contributed by atoms with Gasteiger partial charge in [-0.1, -0.05) is 48.5 Å². The summed E-state index contributed by atoms with van der Waals surface area (Å²) in [4.78, 5) is 73.0. The molecule has 12 nitrogen and oxygen atoms in total. The molecule has 0 saturated heterocycles. The average molecular weight is 625 g/mol. The van der Waals surface area contributed by atoms with Gasteiger partial charge in [0.15, 0.2) is 0 Å². The van der Waals surface area contributed by atoms with E-state index < -0.39 is 16.7 Å². The molecule has 4 aromatic carbocycles. The van der Waals surface area contributed by atoms with Crippen LogP contribution >= 0.6 is 0 Å². The summed E-state index contributed by atoms with van der Waals surface area (Å²) in [6, 6.07) is 24.8. The molecule has 2 N–H and O–H groups in total. The number of nitro groups is 1. The van der Waals surface area contributed by atoms with Crippen molar-refractivity contribution >= 4 is 52.0 Å². The van der Waals surface area contributed by atoms with Crippen molar-refractivity contribution in [2.24, 2.45) is 0 Å². The number of carbonyl (C=O) groups excluding carboxylic acids is 4. The number of amides is 4. The molecular weight excluding hydrogens is 600 g/mol. The number of benzene rings is 4. The first-order chi connectivity index (χ1) is 22.7. The number of nitrogens with zero attached hydrogens (tertiary/aromatic N) is 4. The predicted octanol–water partition coefficient (Wildman–Crippen LogP) is 5.65. The predicted molar refractivity (Wildman–Crippen MR) is 173 cm³/mol. The number of imidazole rings is 1. The van der Waals surface area contributed by atoms with Crippen LogP contribution in [0.4, 0.5) is 17.1 Å². The van der Waals surface area contributed by atoms with Gasteiger partial charge >= 0.3 is 0 Å². The third kappa shape index (κ3) is 5.03. The largest absolute Gasteiger partial charge is 0.354 e. The summed E-state index contributed by atoms with van der Waals surface area (Å²) in [5.74, 6) is -1.94. The third-order valence-corrected chi connectivity index (χ3v) is 8.09. The lowest BCUT2D eigenvalue weighted by Gasteiger charge is -2.17. The summed E-state index contributed by atoms with van der Waals surface area (Å²) in [5, 5.41) is 15.0. The zero-order chi connectivity index (χ0) is 32.8. The Bertz CT molecular complexity index is 2120. The topological polar surface area (TPSA) is 159 Å². The summed E-state index contributed by atoms with van der Waals surface area (Å²) < 4.78 is 0. The van der Waals surface area contributed by atoms with E-state index in [-0.39, 0.29) is 40.9 Å². The van der Waals surface area contributed by atoms with Gasteiger partial charge in [0.05, 0.1) is 51.6 Å². The molecule has 7 rings (SSSR count). The molecule has 3 heterocycles. The number of hydrogen-bond donors (Lipinski definition) is 2. The highest BCUT2D eigenvalue weighted by Gasteiger charge is 2.39. The smallest absolute Gasteiger partial charge is 0.270 e. The fourth-order valence-corrected chi connectivity index (χ4v) is 5.83. The Morgan fingerprint density at radius 2 is 1.55 bits per heavy atom. The molecular formula is C35H24N6O6. The van der Waals surface area contributed by atoms with Gasteiger partial charge < -0.3 is 10.3 Å². The number of carbonyl (C=O) groups is 4. The standard InChI is InChI=1S/C35H24N6O6/c1-20(42)40-30-15-14-25(41(46)47)16-28(30)31(35(40)45)32(38-24-12-10-22(11-13-24)29-17-36-19-37-29)23-8-6-21(7-9-23)18-39-33(43)26-4-2-3-5-27(26)34(39)44/h2-17,19,38H,18H2,1H3,(H,36,37)/b32-31-. The number of aromatic nitrogens is 2. The number of nitrogens with one attached hydrogen (secondary N) is 2. The fraction of sp³-hybridized carbons (Fsp3) is 0.0571. The molecule has 0 unspecified atom stereocenters. The maximum absolute atomic E-state index is 13.9. The maximum atomic E-state index is 13.9. The van der Waals surface area contributed by atoms with E-state index in [1.807, 2.05) is 12.1 Å². The van der Waals surface area contributed by atoms with Crippen molar-refractivity contribution in [2.45, 2.75) is 13.5 Å². The van der Waals surface area contributed by atoms with Gasteiger partial charge in [-0.3, -0.25) is 34.2 Å². The van der Waals surface area contributed by atoms with E-state index in [2.05, 4.69) is 15.3 Å². The maximum Gasteiger partial charge on any atom is 0.270 e. The zero-order valence-electron chi connectivity index (χ0n) is 24.8. The average Bonchev–Trinajstić information content (AvgIpc) is 3.77. The molecule has 4 amide bonds. The van der Waals surface area contributed by atoms with E-state index in [9.17, 15) is 29.3 Å². The second-order valence-corrected chi connectivity index (χ2v) is 11.0. The molecule has 230 valence electrons. The molecule has 12 heteroatoms. The Morgan fingerprint density at radius 3 is 2.15 bits per heavy atom. The van der Waals surface area contributed by atoms with Crippen LogP contribution < -0.4 is 10.2 Å². The summed E-state index contributed by atoms with van der Waals surface area (Å²) in [7, 11) is 0. The molecule has 0 saturated carbocycles. The summed E-state index contributed by atoms with van der Waals surface area (Å²) >= 11 is 0. The van der Waals surface area contributed by atoms with Crippen LogP contribution in [0.1, 0.15) is 44.3 Å². The molecule has 0 aliphatic carbocycles. The Balaban J connectivity index is 1.30. The minimum absolute atomic E-state index is 0.0344. The number of nitro benzene ring substituents is 1. The van der Waals surface area contributed by atoms with Crippen LogP contribution in [0, 0.1) is 10.1 Å². The van der Waals surface area contributed by atoms with Crippen molar-refractivity contribution in [2.75, 3.05) is 10.2 Å². The van der Waals surface area contributed by atoms with Crippen LogP contribution in [0.25, 0.3) is 22.5 Å². The number of imide groups is 2. The molecule has 2 aliphatic heterocycles. The summed E-state index contributed by atoms with van der Waals surface area (Å²) in [6.07, 6.45) is 3.34. The van der Waals surface area contributed by atoms with Crippen molar-refractivity contribution in [3.05, 3.63) is 141 Å². The lowest BCUT2D eigenvalue weighted by Crippen LogP contribution is -2.31. The highest BCUT2D eigenvalue weighted by molar-refractivity contribution is 6.43. The highest BCUT2D eigenvalue weighted by atomic mass is 16.6. The van der Waals surface area contributed by atoms with Crippen LogP contribution in [-0.2, 0) is 16.1 Å². The van der Waals surface area contributed by atoms with Gasteiger partial charge in [0.25, 0.3) is 23.4 Å². The first-order valence-electron chi connectivity index (χ1n) is 14.5. The second-order valence-electron chi connectivity index (χ2n) is 11.0. The number of H-pyrrole nitrogens is 1. The SMILES string of the molecule is CC(=O)N1C(=O)/C(=C(\Nc2ccc(-c3c[nH]cn3)cc2)c2ccc(CN3C(=O)c4ccccc4C3=O)cc2)c2cc([N+](=O)[O-])ccc21. The van der Waals surface area contributed by atoms with Gasteiger partial charge in [-0.05, 0) is 41.5 Å². The Kier molecular flexibility index (Phi) is 7.01. The van der Waals surface area contributed by atoms with Crippen LogP contribution in [-0.4, -0.2) is 43.4 Å².